The van der Waals surface area contributed by atoms with Crippen LogP contribution < -0.4 is 16.3 Å². The van der Waals surface area contributed by atoms with Crippen molar-refractivity contribution in [2.45, 2.75) is 4.34 Å². The number of aromatic nitrogens is 2. The zero-order valence-electron chi connectivity index (χ0n) is 15.6. The van der Waals surface area contributed by atoms with E-state index < -0.39 is 17.3 Å². The van der Waals surface area contributed by atoms with Gasteiger partial charge in [-0.25, -0.2) is 9.18 Å². The Hall–Kier alpha value is -3.57. The number of fused-ring (bicyclic) bond motifs is 1. The first-order valence-corrected chi connectivity index (χ1v) is 10.6. The fraction of sp³-hybridized carbons (Fsp3) is 0.0500. The van der Waals surface area contributed by atoms with Gasteiger partial charge in [-0.2, -0.15) is 0 Å². The number of amides is 2. The Morgan fingerprint density at radius 1 is 1.06 bits per heavy atom. The molecule has 2 amide bonds. The first kappa shape index (κ1) is 20.7. The van der Waals surface area contributed by atoms with Gasteiger partial charge in [0.1, 0.15) is 17.0 Å². The number of halogens is 1. The van der Waals surface area contributed by atoms with Crippen LogP contribution in [0.25, 0.3) is 11.0 Å². The molecule has 0 bridgehead atoms. The second kappa shape index (κ2) is 9.06. The molecule has 0 unspecified atom stereocenters. The number of para-hydroxylation sites is 1. The topological polar surface area (TPSA) is 114 Å². The fourth-order valence-corrected chi connectivity index (χ4v) is 4.11. The van der Waals surface area contributed by atoms with Crippen LogP contribution in [0, 0.1) is 5.82 Å². The first-order chi connectivity index (χ1) is 15.0. The third-order valence-corrected chi connectivity index (χ3v) is 5.94. The highest BCUT2D eigenvalue weighted by atomic mass is 32.2. The molecule has 8 nitrogen and oxygen atoms in total. The molecule has 0 fully saturated rings. The molecule has 0 atom stereocenters. The molecule has 0 spiro atoms. The fourth-order valence-electron chi connectivity index (χ4n) is 2.56. The smallest absolute Gasteiger partial charge is 0.349 e. The average molecular weight is 456 g/mol. The van der Waals surface area contributed by atoms with Crippen LogP contribution in [0.3, 0.4) is 0 Å². The van der Waals surface area contributed by atoms with E-state index in [4.69, 9.17) is 4.42 Å². The van der Waals surface area contributed by atoms with Gasteiger partial charge in [-0.15, -0.1) is 10.2 Å². The molecule has 2 aromatic heterocycles. The zero-order chi connectivity index (χ0) is 21.8. The summed E-state index contributed by atoms with van der Waals surface area (Å²) >= 11 is 2.19. The zero-order valence-corrected chi connectivity index (χ0v) is 17.3. The molecule has 2 N–H and O–H groups in total. The summed E-state index contributed by atoms with van der Waals surface area (Å²) in [5.74, 6) is -1.31. The lowest BCUT2D eigenvalue weighted by atomic mass is 10.2. The van der Waals surface area contributed by atoms with Crippen molar-refractivity contribution in [3.05, 3.63) is 76.4 Å². The standard InChI is InChI=1S/C20H13FN4O4S2/c21-12-5-7-13(8-6-12)22-16(26)10-30-20-25-24-19(31-20)23-17(27)14-9-11-3-1-2-4-15(11)29-18(14)28/h1-9H,10H2,(H,22,26)(H,23,24,27). The number of benzene rings is 2. The van der Waals surface area contributed by atoms with Crippen molar-refractivity contribution >= 4 is 56.7 Å². The molecule has 0 aliphatic carbocycles. The van der Waals surface area contributed by atoms with Crippen molar-refractivity contribution in [2.75, 3.05) is 16.4 Å². The molecule has 0 aliphatic heterocycles. The minimum absolute atomic E-state index is 0.0498. The number of anilines is 2. The maximum Gasteiger partial charge on any atom is 0.349 e. The van der Waals surface area contributed by atoms with Gasteiger partial charge in [-0.3, -0.25) is 14.9 Å². The van der Waals surface area contributed by atoms with E-state index in [-0.39, 0.29) is 22.4 Å². The quantitative estimate of drug-likeness (QED) is 0.258. The van der Waals surface area contributed by atoms with Crippen LogP contribution >= 0.6 is 23.1 Å². The summed E-state index contributed by atoms with van der Waals surface area (Å²) < 4.78 is 18.5. The summed E-state index contributed by atoms with van der Waals surface area (Å²) in [4.78, 5) is 36.5. The number of nitrogens with one attached hydrogen (secondary N) is 2. The lowest BCUT2D eigenvalue weighted by Crippen LogP contribution is -2.20. The van der Waals surface area contributed by atoms with Crippen LogP contribution in [0.4, 0.5) is 15.2 Å². The molecule has 0 aliphatic rings. The van der Waals surface area contributed by atoms with Gasteiger partial charge in [-0.1, -0.05) is 41.3 Å². The molecule has 2 aromatic carbocycles. The summed E-state index contributed by atoms with van der Waals surface area (Å²) in [6.45, 7) is 0. The van der Waals surface area contributed by atoms with Crippen LogP contribution in [0.2, 0.25) is 0 Å². The van der Waals surface area contributed by atoms with Crippen molar-refractivity contribution in [1.29, 1.82) is 0 Å². The molecule has 31 heavy (non-hydrogen) atoms. The van der Waals surface area contributed by atoms with E-state index in [0.717, 1.165) is 23.1 Å². The highest BCUT2D eigenvalue weighted by Gasteiger charge is 2.16. The van der Waals surface area contributed by atoms with E-state index in [0.29, 0.717) is 21.0 Å². The van der Waals surface area contributed by atoms with Gasteiger partial charge in [0.05, 0.1) is 5.75 Å². The third kappa shape index (κ3) is 5.13. The third-order valence-electron chi connectivity index (χ3n) is 3.97. The monoisotopic (exact) mass is 456 g/mol. The predicted octanol–water partition coefficient (Wildman–Crippen LogP) is 3.77. The number of nitrogens with zero attached hydrogens (tertiary/aromatic N) is 2. The van der Waals surface area contributed by atoms with Gasteiger partial charge in [0.15, 0.2) is 4.34 Å². The SMILES string of the molecule is O=C(CSc1nnc(NC(=O)c2cc3ccccc3oc2=O)s1)Nc1ccc(F)cc1. The summed E-state index contributed by atoms with van der Waals surface area (Å²) in [6.07, 6.45) is 0. The maximum absolute atomic E-state index is 12.9. The van der Waals surface area contributed by atoms with Gasteiger partial charge in [0.2, 0.25) is 11.0 Å². The number of carbonyl (C=O) groups is 2. The highest BCUT2D eigenvalue weighted by Crippen LogP contribution is 2.26. The molecule has 0 saturated carbocycles. The minimum atomic E-state index is -0.757. The van der Waals surface area contributed by atoms with Crippen molar-refractivity contribution in [3.8, 4) is 0 Å². The maximum atomic E-state index is 12.9. The second-order valence-electron chi connectivity index (χ2n) is 6.16. The summed E-state index contributed by atoms with van der Waals surface area (Å²) in [5, 5.41) is 13.7. The van der Waals surface area contributed by atoms with E-state index in [1.807, 2.05) is 0 Å². The molecule has 11 heteroatoms. The van der Waals surface area contributed by atoms with Crippen LogP contribution in [0.1, 0.15) is 10.4 Å². The van der Waals surface area contributed by atoms with E-state index in [2.05, 4.69) is 20.8 Å². The number of thioether (sulfide) groups is 1. The summed E-state index contributed by atoms with van der Waals surface area (Å²) in [5.41, 5.74) is -0.0430. The molecular weight excluding hydrogens is 443 g/mol. The van der Waals surface area contributed by atoms with Gasteiger partial charge >= 0.3 is 5.63 Å². The van der Waals surface area contributed by atoms with Gasteiger partial charge < -0.3 is 9.73 Å². The van der Waals surface area contributed by atoms with Gasteiger partial charge in [0.25, 0.3) is 5.91 Å². The number of carbonyl (C=O) groups excluding carboxylic acids is 2. The predicted molar refractivity (Wildman–Crippen MR) is 116 cm³/mol. The molecule has 156 valence electrons. The highest BCUT2D eigenvalue weighted by molar-refractivity contribution is 8.01. The Morgan fingerprint density at radius 2 is 1.84 bits per heavy atom. The summed E-state index contributed by atoms with van der Waals surface area (Å²) in [6, 6.07) is 13.7. The largest absolute Gasteiger partial charge is 0.422 e. The Balaban J connectivity index is 1.36. The van der Waals surface area contributed by atoms with Gasteiger partial charge in [-0.05, 0) is 36.4 Å². The summed E-state index contributed by atoms with van der Waals surface area (Å²) in [7, 11) is 0. The normalized spacial score (nSPS) is 10.7. The molecule has 4 aromatic rings. The van der Waals surface area contributed by atoms with Crippen LogP contribution in [-0.2, 0) is 4.79 Å². The lowest BCUT2D eigenvalue weighted by molar-refractivity contribution is -0.113. The van der Waals surface area contributed by atoms with Crippen molar-refractivity contribution in [3.63, 3.8) is 0 Å². The van der Waals surface area contributed by atoms with Crippen molar-refractivity contribution < 1.29 is 18.4 Å². The van der Waals surface area contributed by atoms with E-state index >= 15 is 0 Å². The van der Waals surface area contributed by atoms with Crippen LogP contribution in [0.5, 0.6) is 0 Å². The minimum Gasteiger partial charge on any atom is -0.422 e. The van der Waals surface area contributed by atoms with E-state index in [9.17, 15) is 18.8 Å². The Labute approximate surface area is 182 Å². The van der Waals surface area contributed by atoms with Gasteiger partial charge in [0, 0.05) is 11.1 Å². The molecule has 0 radical (unpaired) electrons. The number of hydrogen-bond acceptors (Lipinski definition) is 8. The molecule has 2 heterocycles. The van der Waals surface area contributed by atoms with E-state index in [1.54, 1.807) is 24.3 Å². The first-order valence-electron chi connectivity index (χ1n) is 8.84. The molecule has 4 rings (SSSR count). The average Bonchev–Trinajstić information content (AvgIpc) is 3.20. The van der Waals surface area contributed by atoms with Crippen LogP contribution in [-0.4, -0.2) is 27.8 Å². The second-order valence-corrected chi connectivity index (χ2v) is 8.36. The Morgan fingerprint density at radius 3 is 2.65 bits per heavy atom. The van der Waals surface area contributed by atoms with Crippen molar-refractivity contribution in [1.82, 2.24) is 10.2 Å². The van der Waals surface area contributed by atoms with Crippen molar-refractivity contribution in [2.24, 2.45) is 0 Å². The van der Waals surface area contributed by atoms with E-state index in [1.165, 1.54) is 30.3 Å². The number of hydrogen-bond donors (Lipinski definition) is 2. The number of rotatable bonds is 6. The van der Waals surface area contributed by atoms with Crippen LogP contribution in [0.15, 0.2) is 68.1 Å². The Kier molecular flexibility index (Phi) is 6.05. The molecule has 0 saturated heterocycles. The lowest BCUT2D eigenvalue weighted by Gasteiger charge is -2.03. The Bertz CT molecular complexity index is 1320. The molecular formula is C20H13FN4O4S2.